The molecule has 0 bridgehead atoms. The van der Waals surface area contributed by atoms with Gasteiger partial charge < -0.3 is 5.21 Å². The Hall–Kier alpha value is -2.94. The topological polar surface area (TPSA) is 30.8 Å². The molecular formula is C21H19N2O+. The average Bonchev–Trinajstić information content (AvgIpc) is 2.57. The number of hydrogen-bond acceptors (Lipinski definition) is 1. The molecule has 4 rings (SSSR count). The summed E-state index contributed by atoms with van der Waals surface area (Å²) in [5.41, 5.74) is 5.58. The second-order valence-electron chi connectivity index (χ2n) is 6.32. The maximum Gasteiger partial charge on any atom is 0.292 e. The minimum Gasteiger partial charge on any atom is -0.618 e. The molecule has 0 unspecified atom stereocenters. The summed E-state index contributed by atoms with van der Waals surface area (Å²) < 4.78 is 3.19. The van der Waals surface area contributed by atoms with Gasteiger partial charge >= 0.3 is 0 Å². The molecule has 2 aromatic carbocycles. The van der Waals surface area contributed by atoms with Crippen LogP contribution in [0.1, 0.15) is 11.1 Å². The van der Waals surface area contributed by atoms with Gasteiger partial charge in [0.2, 0.25) is 11.0 Å². The molecule has 2 heterocycles. The molecule has 0 aliphatic rings. The van der Waals surface area contributed by atoms with Crippen LogP contribution >= 0.6 is 0 Å². The van der Waals surface area contributed by atoms with Crippen LogP contribution in [0.5, 0.6) is 0 Å². The fourth-order valence-corrected chi connectivity index (χ4v) is 3.61. The van der Waals surface area contributed by atoms with Crippen LogP contribution in [0.4, 0.5) is 0 Å². The summed E-state index contributed by atoms with van der Waals surface area (Å²) in [5, 5.41) is 15.2. The van der Waals surface area contributed by atoms with Gasteiger partial charge in [0.25, 0.3) is 11.4 Å². The number of rotatable bonds is 1. The van der Waals surface area contributed by atoms with E-state index in [1.54, 1.807) is 0 Å². The molecule has 0 aliphatic heterocycles. The highest BCUT2D eigenvalue weighted by molar-refractivity contribution is 5.81. The van der Waals surface area contributed by atoms with Crippen molar-refractivity contribution in [2.24, 2.45) is 7.05 Å². The lowest BCUT2D eigenvalue weighted by Crippen LogP contribution is -2.40. The first-order valence-electron chi connectivity index (χ1n) is 8.08. The third-order valence-electron chi connectivity index (χ3n) is 4.71. The van der Waals surface area contributed by atoms with E-state index in [0.717, 1.165) is 38.1 Å². The van der Waals surface area contributed by atoms with E-state index in [1.807, 2.05) is 50.4 Å². The molecule has 0 fully saturated rings. The van der Waals surface area contributed by atoms with Gasteiger partial charge in [0.1, 0.15) is 7.05 Å². The summed E-state index contributed by atoms with van der Waals surface area (Å²) in [6.07, 6.45) is 0. The summed E-state index contributed by atoms with van der Waals surface area (Å²) in [4.78, 5) is 0. The Kier molecular flexibility index (Phi) is 3.24. The SMILES string of the molecule is Cc1cc2ccccc2[n+](C)c1-c1c(C)cc2ccccc2[n+]1[O-]. The fourth-order valence-electron chi connectivity index (χ4n) is 3.61. The van der Waals surface area contributed by atoms with Gasteiger partial charge in [-0.1, -0.05) is 24.3 Å². The summed E-state index contributed by atoms with van der Waals surface area (Å²) in [6, 6.07) is 20.2. The van der Waals surface area contributed by atoms with E-state index in [1.165, 1.54) is 5.39 Å². The minimum atomic E-state index is 0.700. The Labute approximate surface area is 141 Å². The zero-order valence-corrected chi connectivity index (χ0v) is 14.1. The first-order valence-corrected chi connectivity index (χ1v) is 8.08. The molecule has 0 saturated heterocycles. The standard InChI is InChI=1S/C21H19N2O/c1-14-12-16-8-4-6-10-18(16)22(3)20(14)21-15(2)13-17-9-5-7-11-19(17)23(21)24/h4-13H,1-3H3/q+1. The van der Waals surface area contributed by atoms with Crippen LogP contribution in [0, 0.1) is 19.1 Å². The first kappa shape index (κ1) is 14.6. The van der Waals surface area contributed by atoms with Crippen molar-refractivity contribution in [2.75, 3.05) is 0 Å². The predicted molar refractivity (Wildman–Crippen MR) is 96.5 cm³/mol. The van der Waals surface area contributed by atoms with E-state index in [-0.39, 0.29) is 0 Å². The third-order valence-corrected chi connectivity index (χ3v) is 4.71. The first-order chi connectivity index (χ1) is 11.6. The number of hydrogen-bond donors (Lipinski definition) is 0. The van der Waals surface area contributed by atoms with Gasteiger partial charge in [0, 0.05) is 34.0 Å². The van der Waals surface area contributed by atoms with Gasteiger partial charge in [-0.25, -0.2) is 0 Å². The molecule has 118 valence electrons. The Morgan fingerprint density at radius 2 is 1.21 bits per heavy atom. The normalized spacial score (nSPS) is 11.3. The number of pyridine rings is 2. The van der Waals surface area contributed by atoms with Crippen LogP contribution in [0.3, 0.4) is 0 Å². The highest BCUT2D eigenvalue weighted by Crippen LogP contribution is 2.26. The number of benzene rings is 2. The van der Waals surface area contributed by atoms with E-state index in [0.29, 0.717) is 5.52 Å². The van der Waals surface area contributed by atoms with Crippen LogP contribution < -0.4 is 9.30 Å². The fraction of sp³-hybridized carbons (Fsp3) is 0.143. The van der Waals surface area contributed by atoms with Crippen LogP contribution in [0.2, 0.25) is 0 Å². The molecule has 0 spiro atoms. The quantitative estimate of drug-likeness (QED) is 0.389. The maximum atomic E-state index is 13.1. The van der Waals surface area contributed by atoms with E-state index < -0.39 is 0 Å². The maximum absolute atomic E-state index is 13.1. The largest absolute Gasteiger partial charge is 0.618 e. The molecule has 0 atom stereocenters. The summed E-state index contributed by atoms with van der Waals surface area (Å²) in [5.74, 6) is 0. The smallest absolute Gasteiger partial charge is 0.292 e. The Morgan fingerprint density at radius 1 is 0.708 bits per heavy atom. The van der Waals surface area contributed by atoms with Gasteiger partial charge in [-0.2, -0.15) is 9.30 Å². The van der Waals surface area contributed by atoms with Crippen molar-refractivity contribution < 1.29 is 9.30 Å². The number of nitrogens with zero attached hydrogens (tertiary/aromatic N) is 2. The van der Waals surface area contributed by atoms with Gasteiger partial charge in [-0.3, -0.25) is 0 Å². The lowest BCUT2D eigenvalue weighted by atomic mass is 10.0. The zero-order chi connectivity index (χ0) is 16.8. The molecule has 3 nitrogen and oxygen atoms in total. The van der Waals surface area contributed by atoms with Gasteiger partial charge in [-0.15, -0.1) is 0 Å². The highest BCUT2D eigenvalue weighted by atomic mass is 16.5. The second-order valence-corrected chi connectivity index (χ2v) is 6.32. The Balaban J connectivity index is 2.14. The van der Waals surface area contributed by atoms with E-state index in [2.05, 4.69) is 35.8 Å². The van der Waals surface area contributed by atoms with Gasteiger partial charge in [0.05, 0.1) is 0 Å². The molecule has 0 N–H and O–H groups in total. The van der Waals surface area contributed by atoms with Crippen LogP contribution in [0.15, 0.2) is 60.7 Å². The molecule has 0 saturated carbocycles. The molecule has 4 aromatic rings. The Morgan fingerprint density at radius 3 is 1.88 bits per heavy atom. The van der Waals surface area contributed by atoms with E-state index in [9.17, 15) is 5.21 Å². The Bertz CT molecular complexity index is 1010. The van der Waals surface area contributed by atoms with Crippen LogP contribution in [0.25, 0.3) is 33.2 Å². The van der Waals surface area contributed by atoms with Gasteiger partial charge in [0.15, 0.2) is 0 Å². The number of para-hydroxylation sites is 2. The summed E-state index contributed by atoms with van der Waals surface area (Å²) in [7, 11) is 2.03. The molecule has 24 heavy (non-hydrogen) atoms. The third kappa shape index (κ3) is 2.05. The van der Waals surface area contributed by atoms with Crippen molar-refractivity contribution in [3.8, 4) is 11.4 Å². The van der Waals surface area contributed by atoms with Gasteiger partial charge in [-0.05, 0) is 38.1 Å². The van der Waals surface area contributed by atoms with Crippen molar-refractivity contribution in [2.45, 2.75) is 13.8 Å². The average molecular weight is 315 g/mol. The summed E-state index contributed by atoms with van der Waals surface area (Å²) in [6.45, 7) is 4.07. The van der Waals surface area contributed by atoms with Crippen molar-refractivity contribution >= 4 is 21.8 Å². The lowest BCUT2D eigenvalue weighted by molar-refractivity contribution is -0.646. The van der Waals surface area contributed by atoms with Crippen molar-refractivity contribution in [3.63, 3.8) is 0 Å². The summed E-state index contributed by atoms with van der Waals surface area (Å²) >= 11 is 0. The molecule has 0 aliphatic carbocycles. The molecule has 0 amide bonds. The van der Waals surface area contributed by atoms with Crippen molar-refractivity contribution in [1.29, 1.82) is 0 Å². The molecular weight excluding hydrogens is 296 g/mol. The monoisotopic (exact) mass is 315 g/mol. The van der Waals surface area contributed by atoms with Crippen LogP contribution in [-0.2, 0) is 7.05 Å². The van der Waals surface area contributed by atoms with E-state index >= 15 is 0 Å². The minimum absolute atomic E-state index is 0.700. The lowest BCUT2D eigenvalue weighted by Gasteiger charge is -2.11. The molecule has 0 radical (unpaired) electrons. The van der Waals surface area contributed by atoms with Crippen molar-refractivity contribution in [1.82, 2.24) is 0 Å². The van der Waals surface area contributed by atoms with Crippen LogP contribution in [-0.4, -0.2) is 0 Å². The van der Waals surface area contributed by atoms with Crippen molar-refractivity contribution in [3.05, 3.63) is 77.0 Å². The molecule has 3 heteroatoms. The number of aryl methyl sites for hydroxylation is 3. The number of fused-ring (bicyclic) bond motifs is 2. The highest BCUT2D eigenvalue weighted by Gasteiger charge is 2.28. The van der Waals surface area contributed by atoms with E-state index in [4.69, 9.17) is 0 Å². The molecule has 2 aromatic heterocycles. The second kappa shape index (κ2) is 5.31. The number of aromatic nitrogens is 2. The zero-order valence-electron chi connectivity index (χ0n) is 14.1. The predicted octanol–water partition coefficient (Wildman–Crippen LogP) is 3.73.